The number of nitrogens with zero attached hydrogens (tertiary/aromatic N) is 3. The summed E-state index contributed by atoms with van der Waals surface area (Å²) in [7, 11) is 4.05. The lowest BCUT2D eigenvalue weighted by Gasteiger charge is -2.22. The molecule has 0 amide bonds. The smallest absolute Gasteiger partial charge is 0.137 e. The molecule has 1 aromatic heterocycles. The predicted molar refractivity (Wildman–Crippen MR) is 71.7 cm³/mol. The first-order chi connectivity index (χ1) is 8.15. The highest BCUT2D eigenvalue weighted by Crippen LogP contribution is 2.32. The lowest BCUT2D eigenvalue weighted by Crippen LogP contribution is -2.23. The van der Waals surface area contributed by atoms with Gasteiger partial charge in [-0.25, -0.2) is 9.97 Å². The molecule has 94 valence electrons. The van der Waals surface area contributed by atoms with E-state index in [1.807, 2.05) is 7.05 Å². The van der Waals surface area contributed by atoms with Gasteiger partial charge in [-0.1, -0.05) is 6.92 Å². The molecule has 1 saturated carbocycles. The lowest BCUT2D eigenvalue weighted by molar-refractivity contribution is 0.765. The van der Waals surface area contributed by atoms with Crippen molar-refractivity contribution in [2.75, 3.05) is 30.9 Å². The summed E-state index contributed by atoms with van der Waals surface area (Å²) in [5.74, 6) is 3.82. The largest absolute Gasteiger partial charge is 0.373 e. The van der Waals surface area contributed by atoms with Gasteiger partial charge < -0.3 is 10.2 Å². The van der Waals surface area contributed by atoms with Gasteiger partial charge in [-0.3, -0.25) is 0 Å². The molecule has 0 aromatic carbocycles. The molecular weight excluding hydrogens is 212 g/mol. The Labute approximate surface area is 103 Å². The van der Waals surface area contributed by atoms with Crippen molar-refractivity contribution >= 4 is 11.6 Å². The SMILES string of the molecule is CCc1nc(NC)c(C)c(N(C)CC2CC2)n1. The minimum Gasteiger partial charge on any atom is -0.373 e. The maximum Gasteiger partial charge on any atom is 0.137 e. The van der Waals surface area contributed by atoms with E-state index >= 15 is 0 Å². The van der Waals surface area contributed by atoms with Crippen LogP contribution in [0.1, 0.15) is 31.2 Å². The fraction of sp³-hybridized carbons (Fsp3) is 0.692. The molecule has 0 aliphatic heterocycles. The van der Waals surface area contributed by atoms with Gasteiger partial charge >= 0.3 is 0 Å². The summed E-state index contributed by atoms with van der Waals surface area (Å²) in [4.78, 5) is 11.4. The maximum atomic E-state index is 4.65. The van der Waals surface area contributed by atoms with Crippen molar-refractivity contribution in [3.8, 4) is 0 Å². The number of rotatable bonds is 5. The molecule has 1 N–H and O–H groups in total. The van der Waals surface area contributed by atoms with Crippen LogP contribution in [0, 0.1) is 12.8 Å². The molecule has 17 heavy (non-hydrogen) atoms. The Balaban J connectivity index is 2.28. The Morgan fingerprint density at radius 3 is 2.59 bits per heavy atom. The van der Waals surface area contributed by atoms with Gasteiger partial charge in [0.1, 0.15) is 17.5 Å². The van der Waals surface area contributed by atoms with Crippen molar-refractivity contribution in [3.05, 3.63) is 11.4 Å². The number of aryl methyl sites for hydroxylation is 1. The van der Waals surface area contributed by atoms with Crippen LogP contribution in [0.25, 0.3) is 0 Å². The van der Waals surface area contributed by atoms with Crippen molar-refractivity contribution < 1.29 is 0 Å². The average molecular weight is 234 g/mol. The molecule has 1 fully saturated rings. The summed E-state index contributed by atoms with van der Waals surface area (Å²) >= 11 is 0. The Bertz CT molecular complexity index is 399. The highest BCUT2D eigenvalue weighted by atomic mass is 15.2. The van der Waals surface area contributed by atoms with Crippen LogP contribution in [-0.4, -0.2) is 30.6 Å². The highest BCUT2D eigenvalue weighted by Gasteiger charge is 2.24. The van der Waals surface area contributed by atoms with Crippen molar-refractivity contribution in [1.29, 1.82) is 0 Å². The second kappa shape index (κ2) is 4.90. The van der Waals surface area contributed by atoms with Gasteiger partial charge in [0, 0.05) is 32.6 Å². The molecule has 0 unspecified atom stereocenters. The number of anilines is 2. The van der Waals surface area contributed by atoms with Crippen molar-refractivity contribution in [2.24, 2.45) is 5.92 Å². The Hall–Kier alpha value is -1.32. The quantitative estimate of drug-likeness (QED) is 0.848. The van der Waals surface area contributed by atoms with E-state index in [2.05, 4.69) is 41.1 Å². The zero-order valence-corrected chi connectivity index (χ0v) is 11.2. The summed E-state index contributed by atoms with van der Waals surface area (Å²) in [5, 5.41) is 3.16. The van der Waals surface area contributed by atoms with Crippen molar-refractivity contribution in [3.63, 3.8) is 0 Å². The molecule has 1 aromatic rings. The number of hydrogen-bond acceptors (Lipinski definition) is 4. The second-order valence-electron chi connectivity index (χ2n) is 4.86. The van der Waals surface area contributed by atoms with E-state index in [-0.39, 0.29) is 0 Å². The number of hydrogen-bond donors (Lipinski definition) is 1. The molecule has 4 nitrogen and oxygen atoms in total. The molecule has 0 atom stereocenters. The molecule has 0 saturated heterocycles. The minimum atomic E-state index is 0.873. The van der Waals surface area contributed by atoms with Crippen LogP contribution in [0.3, 0.4) is 0 Å². The molecule has 0 radical (unpaired) electrons. The zero-order chi connectivity index (χ0) is 12.4. The third-order valence-corrected chi connectivity index (χ3v) is 3.31. The van der Waals surface area contributed by atoms with Crippen molar-refractivity contribution in [2.45, 2.75) is 33.1 Å². The summed E-state index contributed by atoms with van der Waals surface area (Å²) in [5.41, 5.74) is 1.15. The van der Waals surface area contributed by atoms with Crippen LogP contribution in [0.5, 0.6) is 0 Å². The first kappa shape index (κ1) is 12.1. The molecule has 0 spiro atoms. The summed E-state index contributed by atoms with van der Waals surface area (Å²) in [6, 6.07) is 0. The van der Waals surface area contributed by atoms with E-state index in [4.69, 9.17) is 0 Å². The van der Waals surface area contributed by atoms with E-state index in [1.54, 1.807) is 0 Å². The molecule has 0 bridgehead atoms. The fourth-order valence-electron chi connectivity index (χ4n) is 2.10. The van der Waals surface area contributed by atoms with Gasteiger partial charge in [0.05, 0.1) is 0 Å². The summed E-state index contributed by atoms with van der Waals surface area (Å²) < 4.78 is 0. The van der Waals surface area contributed by atoms with Gasteiger partial charge in [0.15, 0.2) is 0 Å². The third-order valence-electron chi connectivity index (χ3n) is 3.31. The maximum absolute atomic E-state index is 4.65. The molecular formula is C13H22N4. The monoisotopic (exact) mass is 234 g/mol. The van der Waals surface area contributed by atoms with Crippen molar-refractivity contribution in [1.82, 2.24) is 9.97 Å². The Morgan fingerprint density at radius 2 is 2.06 bits per heavy atom. The van der Waals surface area contributed by atoms with Crippen LogP contribution in [0.4, 0.5) is 11.6 Å². The molecule has 4 heteroatoms. The molecule has 1 aliphatic carbocycles. The van der Waals surface area contributed by atoms with Gasteiger partial charge in [-0.2, -0.15) is 0 Å². The lowest BCUT2D eigenvalue weighted by atomic mass is 10.2. The van der Waals surface area contributed by atoms with E-state index in [9.17, 15) is 0 Å². The standard InChI is InChI=1S/C13H22N4/c1-5-11-15-12(14-3)9(2)13(16-11)17(4)8-10-6-7-10/h10H,5-8H2,1-4H3,(H,14,15,16). The predicted octanol–water partition coefficient (Wildman–Crippen LogP) is 2.24. The third kappa shape index (κ3) is 2.68. The molecule has 2 rings (SSSR count). The minimum absolute atomic E-state index is 0.873. The van der Waals surface area contributed by atoms with Crippen LogP contribution >= 0.6 is 0 Å². The van der Waals surface area contributed by atoms with E-state index in [0.29, 0.717) is 0 Å². The van der Waals surface area contributed by atoms with E-state index in [0.717, 1.165) is 41.9 Å². The number of aromatic nitrogens is 2. The Kier molecular flexibility index (Phi) is 3.50. The van der Waals surface area contributed by atoms with Crippen LogP contribution in [0.15, 0.2) is 0 Å². The normalized spacial score (nSPS) is 14.8. The first-order valence-corrected chi connectivity index (χ1v) is 6.42. The fourth-order valence-corrected chi connectivity index (χ4v) is 2.10. The van der Waals surface area contributed by atoms with E-state index in [1.165, 1.54) is 12.8 Å². The van der Waals surface area contributed by atoms with Gasteiger partial charge in [0.2, 0.25) is 0 Å². The molecule has 1 aliphatic rings. The zero-order valence-electron chi connectivity index (χ0n) is 11.2. The van der Waals surface area contributed by atoms with Gasteiger partial charge in [-0.15, -0.1) is 0 Å². The number of nitrogens with one attached hydrogen (secondary N) is 1. The summed E-state index contributed by atoms with van der Waals surface area (Å²) in [6.45, 7) is 5.29. The first-order valence-electron chi connectivity index (χ1n) is 6.42. The second-order valence-corrected chi connectivity index (χ2v) is 4.86. The van der Waals surface area contributed by atoms with Crippen LogP contribution < -0.4 is 10.2 Å². The van der Waals surface area contributed by atoms with Gasteiger partial charge in [-0.05, 0) is 25.7 Å². The highest BCUT2D eigenvalue weighted by molar-refractivity contribution is 5.58. The average Bonchev–Trinajstić information content (AvgIpc) is 3.13. The Morgan fingerprint density at radius 1 is 1.35 bits per heavy atom. The summed E-state index contributed by atoms with van der Waals surface area (Å²) in [6.07, 6.45) is 3.61. The van der Waals surface area contributed by atoms with Crippen LogP contribution in [0.2, 0.25) is 0 Å². The molecule has 1 heterocycles. The topological polar surface area (TPSA) is 41.1 Å². The van der Waals surface area contributed by atoms with Gasteiger partial charge in [0.25, 0.3) is 0 Å². The van der Waals surface area contributed by atoms with Crippen LogP contribution in [-0.2, 0) is 6.42 Å². The van der Waals surface area contributed by atoms with E-state index < -0.39 is 0 Å².